The van der Waals surface area contributed by atoms with E-state index in [0.717, 1.165) is 23.4 Å². The number of amides is 1. The van der Waals surface area contributed by atoms with Gasteiger partial charge < -0.3 is 10.1 Å². The molecule has 3 heteroatoms. The van der Waals surface area contributed by atoms with Gasteiger partial charge in [-0.3, -0.25) is 4.79 Å². The van der Waals surface area contributed by atoms with Crippen LogP contribution in [0.3, 0.4) is 0 Å². The van der Waals surface area contributed by atoms with E-state index < -0.39 is 0 Å². The SMILES string of the molecule is CCCOc1ccccc1C=CC(=O)Nc1ccccc1. The predicted molar refractivity (Wildman–Crippen MR) is 86.3 cm³/mol. The lowest BCUT2D eigenvalue weighted by molar-refractivity contribution is -0.111. The summed E-state index contributed by atoms with van der Waals surface area (Å²) >= 11 is 0. The van der Waals surface area contributed by atoms with Crippen molar-refractivity contribution < 1.29 is 9.53 Å². The highest BCUT2D eigenvalue weighted by molar-refractivity contribution is 6.02. The normalized spacial score (nSPS) is 10.5. The highest BCUT2D eigenvalue weighted by Gasteiger charge is 2.01. The van der Waals surface area contributed by atoms with Gasteiger partial charge in [0, 0.05) is 17.3 Å². The van der Waals surface area contributed by atoms with Crippen molar-refractivity contribution in [2.24, 2.45) is 0 Å². The average molecular weight is 281 g/mol. The molecule has 0 aliphatic heterocycles. The Morgan fingerprint density at radius 3 is 2.57 bits per heavy atom. The minimum Gasteiger partial charge on any atom is -0.493 e. The maximum Gasteiger partial charge on any atom is 0.248 e. The van der Waals surface area contributed by atoms with Crippen LogP contribution in [0.5, 0.6) is 5.75 Å². The van der Waals surface area contributed by atoms with Gasteiger partial charge in [0.2, 0.25) is 5.91 Å². The molecule has 0 saturated heterocycles. The minimum absolute atomic E-state index is 0.161. The first-order chi connectivity index (χ1) is 10.3. The van der Waals surface area contributed by atoms with Crippen molar-refractivity contribution in [3.05, 3.63) is 66.2 Å². The molecule has 108 valence electrons. The third-order valence-corrected chi connectivity index (χ3v) is 2.84. The second-order valence-electron chi connectivity index (χ2n) is 4.57. The molecule has 0 atom stereocenters. The third kappa shape index (κ3) is 4.80. The van der Waals surface area contributed by atoms with Gasteiger partial charge in [-0.25, -0.2) is 0 Å². The molecule has 0 aromatic heterocycles. The van der Waals surface area contributed by atoms with Crippen LogP contribution in [0.1, 0.15) is 18.9 Å². The largest absolute Gasteiger partial charge is 0.493 e. The second kappa shape index (κ2) is 7.90. The number of hydrogen-bond donors (Lipinski definition) is 1. The van der Waals surface area contributed by atoms with Crippen molar-refractivity contribution >= 4 is 17.7 Å². The van der Waals surface area contributed by atoms with Gasteiger partial charge in [0.25, 0.3) is 0 Å². The molecule has 0 aliphatic carbocycles. The van der Waals surface area contributed by atoms with Crippen molar-refractivity contribution in [3.8, 4) is 5.75 Å². The standard InChI is InChI=1S/C18H19NO2/c1-2-14-21-17-11-7-6-8-15(17)12-13-18(20)19-16-9-4-3-5-10-16/h3-13H,2,14H2,1H3,(H,19,20). The molecule has 0 heterocycles. The highest BCUT2D eigenvalue weighted by Crippen LogP contribution is 2.19. The maximum absolute atomic E-state index is 11.9. The van der Waals surface area contributed by atoms with Crippen LogP contribution >= 0.6 is 0 Å². The maximum atomic E-state index is 11.9. The molecule has 1 amide bonds. The molecule has 21 heavy (non-hydrogen) atoms. The second-order valence-corrected chi connectivity index (χ2v) is 4.57. The van der Waals surface area contributed by atoms with Crippen molar-refractivity contribution in [1.29, 1.82) is 0 Å². The van der Waals surface area contributed by atoms with E-state index in [1.54, 1.807) is 6.08 Å². The first-order valence-electron chi connectivity index (χ1n) is 7.05. The van der Waals surface area contributed by atoms with Crippen molar-refractivity contribution in [2.75, 3.05) is 11.9 Å². The number of para-hydroxylation sites is 2. The van der Waals surface area contributed by atoms with Gasteiger partial charge in [0.15, 0.2) is 0 Å². The molecule has 0 spiro atoms. The number of rotatable bonds is 6. The lowest BCUT2D eigenvalue weighted by atomic mass is 10.2. The summed E-state index contributed by atoms with van der Waals surface area (Å²) in [6, 6.07) is 17.1. The van der Waals surface area contributed by atoms with Crippen LogP contribution in [0.15, 0.2) is 60.7 Å². The average Bonchev–Trinajstić information content (AvgIpc) is 2.52. The summed E-state index contributed by atoms with van der Waals surface area (Å²) in [7, 11) is 0. The zero-order valence-corrected chi connectivity index (χ0v) is 12.1. The van der Waals surface area contributed by atoms with Crippen molar-refractivity contribution in [1.82, 2.24) is 0 Å². The van der Waals surface area contributed by atoms with Gasteiger partial charge in [-0.15, -0.1) is 0 Å². The molecule has 0 radical (unpaired) electrons. The summed E-state index contributed by atoms with van der Waals surface area (Å²) in [5.41, 5.74) is 1.68. The Bertz CT molecular complexity index is 606. The number of hydrogen-bond acceptors (Lipinski definition) is 2. The molecule has 0 saturated carbocycles. The number of ether oxygens (including phenoxy) is 1. The monoisotopic (exact) mass is 281 g/mol. The van der Waals surface area contributed by atoms with Gasteiger partial charge in [-0.05, 0) is 30.7 Å². The van der Waals surface area contributed by atoms with E-state index in [1.807, 2.05) is 54.6 Å². The molecule has 2 aromatic carbocycles. The Hall–Kier alpha value is -2.55. The Kier molecular flexibility index (Phi) is 5.59. The zero-order valence-electron chi connectivity index (χ0n) is 12.1. The van der Waals surface area contributed by atoms with Crippen LogP contribution in [0, 0.1) is 0 Å². The number of benzene rings is 2. The van der Waals surface area contributed by atoms with E-state index >= 15 is 0 Å². The van der Waals surface area contributed by atoms with E-state index in [0.29, 0.717) is 6.61 Å². The Morgan fingerprint density at radius 2 is 1.81 bits per heavy atom. The number of carbonyl (C=O) groups is 1. The molecule has 1 N–H and O–H groups in total. The van der Waals surface area contributed by atoms with Gasteiger partial charge >= 0.3 is 0 Å². The number of carbonyl (C=O) groups excluding carboxylic acids is 1. The highest BCUT2D eigenvalue weighted by atomic mass is 16.5. The molecule has 0 bridgehead atoms. The van der Waals surface area contributed by atoms with Crippen LogP contribution in [0.25, 0.3) is 6.08 Å². The first kappa shape index (κ1) is 14.9. The summed E-state index contributed by atoms with van der Waals surface area (Å²) in [5, 5.41) is 2.81. The fraction of sp³-hybridized carbons (Fsp3) is 0.167. The Morgan fingerprint density at radius 1 is 1.10 bits per heavy atom. The minimum atomic E-state index is -0.161. The summed E-state index contributed by atoms with van der Waals surface area (Å²) in [6.45, 7) is 2.73. The molecular formula is C18H19NO2. The van der Waals surface area contributed by atoms with Crippen LogP contribution in [0.2, 0.25) is 0 Å². The zero-order chi connectivity index (χ0) is 14.9. The fourth-order valence-corrected chi connectivity index (χ4v) is 1.83. The summed E-state index contributed by atoms with van der Waals surface area (Å²) in [5.74, 6) is 0.634. The molecule has 2 rings (SSSR count). The van der Waals surface area contributed by atoms with Crippen LogP contribution in [-0.2, 0) is 4.79 Å². The quantitative estimate of drug-likeness (QED) is 0.809. The predicted octanol–water partition coefficient (Wildman–Crippen LogP) is 4.13. The van der Waals surface area contributed by atoms with Crippen LogP contribution < -0.4 is 10.1 Å². The summed E-state index contributed by atoms with van der Waals surface area (Å²) < 4.78 is 5.65. The topological polar surface area (TPSA) is 38.3 Å². The van der Waals surface area contributed by atoms with E-state index in [1.165, 1.54) is 6.08 Å². The van der Waals surface area contributed by atoms with Crippen molar-refractivity contribution in [2.45, 2.75) is 13.3 Å². The van der Waals surface area contributed by atoms with E-state index in [9.17, 15) is 4.79 Å². The van der Waals surface area contributed by atoms with Crippen LogP contribution in [-0.4, -0.2) is 12.5 Å². The molecule has 3 nitrogen and oxygen atoms in total. The van der Waals surface area contributed by atoms with Crippen molar-refractivity contribution in [3.63, 3.8) is 0 Å². The summed E-state index contributed by atoms with van der Waals surface area (Å²) in [4.78, 5) is 11.9. The van der Waals surface area contributed by atoms with Gasteiger partial charge in [0.05, 0.1) is 6.61 Å². The molecule has 2 aromatic rings. The van der Waals surface area contributed by atoms with Gasteiger partial charge in [0.1, 0.15) is 5.75 Å². The lowest BCUT2D eigenvalue weighted by Gasteiger charge is -2.07. The van der Waals surface area contributed by atoms with E-state index in [4.69, 9.17) is 4.74 Å². The molecular weight excluding hydrogens is 262 g/mol. The molecule has 0 aliphatic rings. The van der Waals surface area contributed by atoms with Gasteiger partial charge in [-0.1, -0.05) is 43.3 Å². The smallest absolute Gasteiger partial charge is 0.248 e. The van der Waals surface area contributed by atoms with E-state index in [-0.39, 0.29) is 5.91 Å². The first-order valence-corrected chi connectivity index (χ1v) is 7.05. The molecule has 0 unspecified atom stereocenters. The van der Waals surface area contributed by atoms with E-state index in [2.05, 4.69) is 12.2 Å². The third-order valence-electron chi connectivity index (χ3n) is 2.84. The Labute approximate surface area is 125 Å². The number of anilines is 1. The number of nitrogens with one attached hydrogen (secondary N) is 1. The fourth-order valence-electron chi connectivity index (χ4n) is 1.83. The molecule has 0 fully saturated rings. The summed E-state index contributed by atoms with van der Waals surface area (Å²) in [6.07, 6.45) is 4.23. The van der Waals surface area contributed by atoms with Crippen LogP contribution in [0.4, 0.5) is 5.69 Å². The Balaban J connectivity index is 2.02. The van der Waals surface area contributed by atoms with Gasteiger partial charge in [-0.2, -0.15) is 0 Å². The lowest BCUT2D eigenvalue weighted by Crippen LogP contribution is -2.07.